The number of amides is 2. The molecule has 2 amide bonds. The van der Waals surface area contributed by atoms with Crippen LogP contribution in [0.25, 0.3) is 0 Å². The predicted molar refractivity (Wildman–Crippen MR) is 114 cm³/mol. The summed E-state index contributed by atoms with van der Waals surface area (Å²) in [5.41, 5.74) is -0.524. The number of anilines is 1. The third-order valence-corrected chi connectivity index (χ3v) is 5.84. The number of carbonyl (C=O) groups is 3. The van der Waals surface area contributed by atoms with Crippen LogP contribution in [-0.4, -0.2) is 43.7 Å². The summed E-state index contributed by atoms with van der Waals surface area (Å²) in [5, 5.41) is 24.1. The van der Waals surface area contributed by atoms with E-state index in [0.29, 0.717) is 5.69 Å². The highest BCUT2D eigenvalue weighted by Gasteiger charge is 2.50. The molecule has 34 heavy (non-hydrogen) atoms. The van der Waals surface area contributed by atoms with Gasteiger partial charge >= 0.3 is 0 Å². The van der Waals surface area contributed by atoms with Gasteiger partial charge in [-0.15, -0.1) is 0 Å². The molecule has 10 nitrogen and oxygen atoms in total. The minimum Gasteiger partial charge on any atom is -0.346 e. The van der Waals surface area contributed by atoms with Gasteiger partial charge in [-0.1, -0.05) is 0 Å². The van der Waals surface area contributed by atoms with E-state index in [1.165, 1.54) is 43.1 Å². The molecule has 1 fully saturated rings. The van der Waals surface area contributed by atoms with E-state index >= 15 is 0 Å². The number of nitrogens with zero attached hydrogens (tertiary/aromatic N) is 4. The molecular weight excluding hydrogens is 448 g/mol. The molecule has 0 radical (unpaired) electrons. The number of aromatic amines is 1. The fourth-order valence-electron chi connectivity index (χ4n) is 4.09. The molecule has 12 heteroatoms. The Bertz CT molecular complexity index is 1340. The number of ketones is 1. The molecule has 4 rings (SSSR count). The van der Waals surface area contributed by atoms with Crippen molar-refractivity contribution in [2.24, 2.45) is 7.05 Å². The molecule has 0 bridgehead atoms. The Hall–Kier alpha value is -4.40. The zero-order chi connectivity index (χ0) is 24.6. The molecule has 0 unspecified atom stereocenters. The third kappa shape index (κ3) is 3.92. The Balaban J connectivity index is 1.54. The van der Waals surface area contributed by atoms with E-state index in [-0.39, 0.29) is 40.9 Å². The Morgan fingerprint density at radius 2 is 2.06 bits per heavy atom. The number of carbonyl (C=O) groups excluding carboxylic acids is 3. The summed E-state index contributed by atoms with van der Waals surface area (Å²) in [6.07, 6.45) is 1.48. The second-order valence-electron chi connectivity index (χ2n) is 8.11. The summed E-state index contributed by atoms with van der Waals surface area (Å²) >= 11 is 0. The summed E-state index contributed by atoms with van der Waals surface area (Å²) in [7, 11) is 1.53. The SMILES string of the molecule is Cc1c(C(=O)C(=O)N[C@]2(c3cn[nH]n3)C[C@H](F)C2)cn(C)c1C(=O)Nc1ccc(F)c(C#N)c1. The minimum absolute atomic E-state index is 0.00612. The quantitative estimate of drug-likeness (QED) is 0.374. The molecular formula is C22H19F2N7O3. The van der Waals surface area contributed by atoms with Crippen LogP contribution >= 0.6 is 0 Å². The van der Waals surface area contributed by atoms with Crippen molar-refractivity contribution < 1.29 is 23.2 Å². The fraction of sp³-hybridized carbons (Fsp3) is 0.273. The minimum atomic E-state index is -1.14. The van der Waals surface area contributed by atoms with E-state index in [1.54, 1.807) is 6.07 Å². The first-order valence-electron chi connectivity index (χ1n) is 10.2. The van der Waals surface area contributed by atoms with Crippen molar-refractivity contribution in [3.8, 4) is 6.07 Å². The Morgan fingerprint density at radius 3 is 2.68 bits per heavy atom. The van der Waals surface area contributed by atoms with Crippen LogP contribution in [0.3, 0.4) is 0 Å². The Morgan fingerprint density at radius 1 is 1.32 bits per heavy atom. The smallest absolute Gasteiger partial charge is 0.293 e. The Kier molecular flexibility index (Phi) is 5.70. The first-order valence-corrected chi connectivity index (χ1v) is 10.2. The number of Topliss-reactive ketones (excluding diaryl/α,β-unsaturated/α-hetero) is 1. The van der Waals surface area contributed by atoms with Crippen LogP contribution in [0.1, 0.15) is 50.5 Å². The van der Waals surface area contributed by atoms with Gasteiger partial charge in [0, 0.05) is 37.3 Å². The third-order valence-electron chi connectivity index (χ3n) is 5.84. The number of H-pyrrole nitrogens is 1. The van der Waals surface area contributed by atoms with Gasteiger partial charge in [0.15, 0.2) is 0 Å². The van der Waals surface area contributed by atoms with Crippen molar-refractivity contribution in [1.29, 1.82) is 5.26 Å². The molecule has 0 spiro atoms. The number of hydrogen-bond acceptors (Lipinski definition) is 6. The molecule has 1 aromatic carbocycles. The number of aromatic nitrogens is 4. The molecule has 2 aromatic heterocycles. The lowest BCUT2D eigenvalue weighted by Gasteiger charge is -2.42. The lowest BCUT2D eigenvalue weighted by atomic mass is 9.73. The van der Waals surface area contributed by atoms with Crippen molar-refractivity contribution >= 4 is 23.3 Å². The maximum atomic E-state index is 13.7. The number of nitrogens with one attached hydrogen (secondary N) is 3. The van der Waals surface area contributed by atoms with Crippen molar-refractivity contribution in [3.05, 3.63) is 64.5 Å². The van der Waals surface area contributed by atoms with E-state index in [9.17, 15) is 23.2 Å². The number of nitriles is 1. The van der Waals surface area contributed by atoms with E-state index in [4.69, 9.17) is 5.26 Å². The molecule has 3 aromatic rings. The highest BCUT2D eigenvalue weighted by Crippen LogP contribution is 2.42. The van der Waals surface area contributed by atoms with Gasteiger partial charge in [0.25, 0.3) is 17.6 Å². The monoisotopic (exact) mass is 467 g/mol. The van der Waals surface area contributed by atoms with Crippen LogP contribution in [0.5, 0.6) is 0 Å². The van der Waals surface area contributed by atoms with E-state index < -0.39 is 35.1 Å². The summed E-state index contributed by atoms with van der Waals surface area (Å²) in [6, 6.07) is 5.23. The predicted octanol–water partition coefficient (Wildman–Crippen LogP) is 2.04. The first kappa shape index (κ1) is 22.8. The van der Waals surface area contributed by atoms with E-state index in [0.717, 1.165) is 6.07 Å². The second kappa shape index (κ2) is 8.51. The van der Waals surface area contributed by atoms with Gasteiger partial charge in [0.1, 0.15) is 29.4 Å². The zero-order valence-corrected chi connectivity index (χ0v) is 18.1. The number of aryl methyl sites for hydroxylation is 1. The van der Waals surface area contributed by atoms with E-state index in [2.05, 4.69) is 26.0 Å². The van der Waals surface area contributed by atoms with Crippen LogP contribution in [0.4, 0.5) is 14.5 Å². The summed E-state index contributed by atoms with van der Waals surface area (Å²) in [5.74, 6) is -3.20. The van der Waals surface area contributed by atoms with Crippen LogP contribution in [0, 0.1) is 24.1 Å². The van der Waals surface area contributed by atoms with Crippen LogP contribution in [0.2, 0.25) is 0 Å². The van der Waals surface area contributed by atoms with Crippen molar-refractivity contribution in [2.75, 3.05) is 5.32 Å². The number of rotatable bonds is 6. The Labute approximate surface area is 192 Å². The van der Waals surface area contributed by atoms with Gasteiger partial charge in [-0.3, -0.25) is 14.4 Å². The summed E-state index contributed by atoms with van der Waals surface area (Å²) < 4.78 is 28.6. The first-order chi connectivity index (χ1) is 16.1. The maximum absolute atomic E-state index is 13.7. The van der Waals surface area contributed by atoms with Crippen LogP contribution in [-0.2, 0) is 17.4 Å². The average Bonchev–Trinajstić information content (AvgIpc) is 3.41. The highest BCUT2D eigenvalue weighted by atomic mass is 19.1. The molecule has 1 aliphatic carbocycles. The van der Waals surface area contributed by atoms with E-state index in [1.807, 2.05) is 0 Å². The van der Waals surface area contributed by atoms with Gasteiger partial charge in [-0.05, 0) is 30.7 Å². The molecule has 2 heterocycles. The second-order valence-corrected chi connectivity index (χ2v) is 8.11. The van der Waals surface area contributed by atoms with Gasteiger partial charge in [0.2, 0.25) is 0 Å². The molecule has 3 N–H and O–H groups in total. The van der Waals surface area contributed by atoms with Crippen LogP contribution in [0.15, 0.2) is 30.6 Å². The lowest BCUT2D eigenvalue weighted by molar-refractivity contribution is -0.121. The molecule has 0 atom stereocenters. The standard InChI is InChI=1S/C22H19F2N7O3/c1-11-15(19(32)21(34)28-22(6-13(23)7-22)17-9-26-30-29-17)10-31(2)18(11)20(33)27-14-3-4-16(24)12(5-14)8-25/h3-5,9-10,13H,6-7H2,1-2H3,(H,27,33)(H,28,34)(H,26,29,30)/t13-,22+. The molecule has 1 aliphatic rings. The topological polar surface area (TPSA) is 146 Å². The molecule has 1 saturated carbocycles. The van der Waals surface area contributed by atoms with Crippen LogP contribution < -0.4 is 10.6 Å². The molecule has 0 aliphatic heterocycles. The lowest BCUT2D eigenvalue weighted by Crippen LogP contribution is -2.57. The largest absolute Gasteiger partial charge is 0.346 e. The average molecular weight is 467 g/mol. The van der Waals surface area contributed by atoms with Crippen molar-refractivity contribution in [3.63, 3.8) is 0 Å². The van der Waals surface area contributed by atoms with Gasteiger partial charge in [0.05, 0.1) is 17.3 Å². The number of benzene rings is 1. The normalized spacial score (nSPS) is 19.1. The molecule has 0 saturated heterocycles. The van der Waals surface area contributed by atoms with Crippen molar-refractivity contribution in [1.82, 2.24) is 25.3 Å². The summed E-state index contributed by atoms with van der Waals surface area (Å²) in [4.78, 5) is 38.5. The zero-order valence-electron chi connectivity index (χ0n) is 18.1. The molecule has 174 valence electrons. The van der Waals surface area contributed by atoms with Crippen molar-refractivity contribution in [2.45, 2.75) is 31.5 Å². The van der Waals surface area contributed by atoms with Gasteiger partial charge < -0.3 is 15.2 Å². The number of hydrogen-bond donors (Lipinski definition) is 3. The summed E-state index contributed by atoms with van der Waals surface area (Å²) in [6.45, 7) is 1.51. The maximum Gasteiger partial charge on any atom is 0.293 e. The highest BCUT2D eigenvalue weighted by molar-refractivity contribution is 6.43. The fourth-order valence-corrected chi connectivity index (χ4v) is 4.09. The number of alkyl halides is 1. The number of halogens is 2. The van der Waals surface area contributed by atoms with Gasteiger partial charge in [-0.25, -0.2) is 8.78 Å². The van der Waals surface area contributed by atoms with Gasteiger partial charge in [-0.2, -0.15) is 20.7 Å².